The summed E-state index contributed by atoms with van der Waals surface area (Å²) in [6.45, 7) is 8.22. The lowest BCUT2D eigenvalue weighted by Gasteiger charge is -2.32. The molecule has 0 aromatic heterocycles. The average molecular weight is 276 g/mol. The van der Waals surface area contributed by atoms with E-state index < -0.39 is 0 Å². The van der Waals surface area contributed by atoms with Crippen LogP contribution >= 0.6 is 0 Å². The highest BCUT2D eigenvalue weighted by Gasteiger charge is 2.29. The molecule has 0 spiro atoms. The summed E-state index contributed by atoms with van der Waals surface area (Å²) in [7, 11) is 0. The molecule has 3 nitrogen and oxygen atoms in total. The van der Waals surface area contributed by atoms with Crippen LogP contribution in [0.25, 0.3) is 0 Å². The van der Waals surface area contributed by atoms with Crippen LogP contribution in [0.15, 0.2) is 24.3 Å². The Morgan fingerprint density at radius 1 is 1.40 bits per heavy atom. The molecule has 1 aliphatic rings. The Hall–Kier alpha value is -1.06. The quantitative estimate of drug-likeness (QED) is 0.866. The molecule has 0 bridgehead atoms. The van der Waals surface area contributed by atoms with E-state index in [9.17, 15) is 0 Å². The zero-order valence-electron chi connectivity index (χ0n) is 13.0. The van der Waals surface area contributed by atoms with E-state index in [1.807, 2.05) is 6.07 Å². The molecule has 1 saturated heterocycles. The maximum Gasteiger partial charge on any atom is 0.120 e. The zero-order valence-corrected chi connectivity index (χ0v) is 13.0. The van der Waals surface area contributed by atoms with Gasteiger partial charge in [0.2, 0.25) is 0 Å². The normalized spacial score (nSPS) is 21.4. The van der Waals surface area contributed by atoms with Gasteiger partial charge in [-0.15, -0.1) is 0 Å². The number of hydrogen-bond donors (Lipinski definition) is 1. The van der Waals surface area contributed by atoms with Crippen LogP contribution in [0.1, 0.15) is 51.6 Å². The van der Waals surface area contributed by atoms with E-state index in [2.05, 4.69) is 43.9 Å². The van der Waals surface area contributed by atoms with Crippen molar-refractivity contribution in [1.82, 2.24) is 4.90 Å². The summed E-state index contributed by atoms with van der Waals surface area (Å²) in [5.41, 5.74) is 7.35. The number of benzene rings is 1. The lowest BCUT2D eigenvalue weighted by Crippen LogP contribution is -2.37. The molecule has 0 aliphatic carbocycles. The lowest BCUT2D eigenvalue weighted by atomic mass is 10.0. The van der Waals surface area contributed by atoms with E-state index in [0.717, 1.165) is 12.3 Å². The van der Waals surface area contributed by atoms with Crippen molar-refractivity contribution in [3.05, 3.63) is 29.8 Å². The number of rotatable bonds is 6. The highest BCUT2D eigenvalue weighted by atomic mass is 16.5. The van der Waals surface area contributed by atoms with Crippen LogP contribution in [0.2, 0.25) is 0 Å². The molecular weight excluding hydrogens is 248 g/mol. The third-order valence-electron chi connectivity index (χ3n) is 4.13. The first kappa shape index (κ1) is 15.3. The lowest BCUT2D eigenvalue weighted by molar-refractivity contribution is 0.179. The molecule has 20 heavy (non-hydrogen) atoms. The number of nitrogens with zero attached hydrogens (tertiary/aromatic N) is 1. The summed E-state index contributed by atoms with van der Waals surface area (Å²) in [4.78, 5) is 2.58. The fraction of sp³-hybridized carbons (Fsp3) is 0.647. The van der Waals surface area contributed by atoms with Crippen molar-refractivity contribution in [1.29, 1.82) is 0 Å². The number of likely N-dealkylation sites (tertiary alicyclic amines) is 1. The molecule has 0 amide bonds. The highest BCUT2D eigenvalue weighted by molar-refractivity contribution is 5.31. The number of nitrogens with two attached hydrogens (primary N) is 1. The zero-order chi connectivity index (χ0) is 14.5. The largest absolute Gasteiger partial charge is 0.491 e. The van der Waals surface area contributed by atoms with Gasteiger partial charge >= 0.3 is 0 Å². The second kappa shape index (κ2) is 7.09. The van der Waals surface area contributed by atoms with E-state index in [4.69, 9.17) is 10.5 Å². The van der Waals surface area contributed by atoms with E-state index in [1.54, 1.807) is 0 Å². The van der Waals surface area contributed by atoms with Crippen LogP contribution in [0.4, 0.5) is 0 Å². The summed E-state index contributed by atoms with van der Waals surface area (Å²) >= 11 is 0. The number of hydrogen-bond acceptors (Lipinski definition) is 3. The molecule has 1 aromatic rings. The van der Waals surface area contributed by atoms with Gasteiger partial charge in [0, 0.05) is 18.6 Å². The summed E-state index contributed by atoms with van der Waals surface area (Å²) in [5, 5.41) is 0. The Labute approximate surface area is 123 Å². The first-order chi connectivity index (χ1) is 9.65. The molecule has 3 heteroatoms. The highest BCUT2D eigenvalue weighted by Crippen LogP contribution is 2.31. The van der Waals surface area contributed by atoms with Gasteiger partial charge in [-0.3, -0.25) is 4.90 Å². The van der Waals surface area contributed by atoms with Gasteiger partial charge in [0.15, 0.2) is 0 Å². The molecular formula is C17H28N2O. The predicted octanol–water partition coefficient (Wildman–Crippen LogP) is 3.35. The van der Waals surface area contributed by atoms with Crippen LogP contribution in [0.5, 0.6) is 5.75 Å². The third kappa shape index (κ3) is 3.53. The van der Waals surface area contributed by atoms with Gasteiger partial charge in [-0.25, -0.2) is 0 Å². The monoisotopic (exact) mass is 276 g/mol. The van der Waals surface area contributed by atoms with Crippen molar-refractivity contribution in [2.45, 2.75) is 58.2 Å². The van der Waals surface area contributed by atoms with Gasteiger partial charge in [-0.2, -0.15) is 0 Å². The van der Waals surface area contributed by atoms with Crippen LogP contribution < -0.4 is 10.5 Å². The van der Waals surface area contributed by atoms with Crippen molar-refractivity contribution in [3.63, 3.8) is 0 Å². The fourth-order valence-corrected chi connectivity index (χ4v) is 3.24. The molecule has 112 valence electrons. The smallest absolute Gasteiger partial charge is 0.120 e. The average Bonchev–Trinajstić information content (AvgIpc) is 2.87. The number of ether oxygens (including phenoxy) is 1. The van der Waals surface area contributed by atoms with Crippen LogP contribution in [-0.4, -0.2) is 30.1 Å². The molecule has 2 rings (SSSR count). The minimum absolute atomic E-state index is 0.205. The van der Waals surface area contributed by atoms with E-state index in [-0.39, 0.29) is 6.10 Å². The van der Waals surface area contributed by atoms with Crippen molar-refractivity contribution in [2.24, 2.45) is 5.73 Å². The van der Waals surface area contributed by atoms with Gasteiger partial charge in [0.1, 0.15) is 5.75 Å². The minimum Gasteiger partial charge on any atom is -0.491 e. The topological polar surface area (TPSA) is 38.5 Å². The standard InChI is InChI=1S/C17H28N2O/c1-4-15-8-6-10-19(15)17(12-18)14-7-5-9-16(11-14)20-13(2)3/h5,7,9,11,13,15,17H,4,6,8,10,12,18H2,1-3H3. The van der Waals surface area contributed by atoms with Crippen molar-refractivity contribution in [2.75, 3.05) is 13.1 Å². The van der Waals surface area contributed by atoms with Crippen molar-refractivity contribution in [3.8, 4) is 5.75 Å². The molecule has 1 aliphatic heterocycles. The van der Waals surface area contributed by atoms with E-state index in [0.29, 0.717) is 18.6 Å². The van der Waals surface area contributed by atoms with Gasteiger partial charge in [0.05, 0.1) is 6.10 Å². The summed E-state index contributed by atoms with van der Waals surface area (Å²) in [6.07, 6.45) is 4.00. The molecule has 2 atom stereocenters. The summed E-state index contributed by atoms with van der Waals surface area (Å²) in [6, 6.07) is 9.43. The predicted molar refractivity (Wildman–Crippen MR) is 84.0 cm³/mol. The third-order valence-corrected chi connectivity index (χ3v) is 4.13. The Balaban J connectivity index is 2.18. The fourth-order valence-electron chi connectivity index (χ4n) is 3.24. The summed E-state index contributed by atoms with van der Waals surface area (Å²) < 4.78 is 5.81. The van der Waals surface area contributed by atoms with Crippen LogP contribution in [0, 0.1) is 0 Å². The van der Waals surface area contributed by atoms with Gasteiger partial charge in [0.25, 0.3) is 0 Å². The van der Waals surface area contributed by atoms with Crippen molar-refractivity contribution < 1.29 is 4.74 Å². The second-order valence-electron chi connectivity index (χ2n) is 5.93. The molecule has 1 aromatic carbocycles. The Bertz CT molecular complexity index is 419. The summed E-state index contributed by atoms with van der Waals surface area (Å²) in [5.74, 6) is 0.947. The Morgan fingerprint density at radius 3 is 2.85 bits per heavy atom. The molecule has 1 fully saturated rings. The van der Waals surface area contributed by atoms with Crippen LogP contribution in [0.3, 0.4) is 0 Å². The van der Waals surface area contributed by atoms with Gasteiger partial charge < -0.3 is 10.5 Å². The Morgan fingerprint density at radius 2 is 2.20 bits per heavy atom. The molecule has 0 radical (unpaired) electrons. The molecule has 2 unspecified atom stereocenters. The maximum atomic E-state index is 6.07. The van der Waals surface area contributed by atoms with Gasteiger partial charge in [-0.1, -0.05) is 19.1 Å². The minimum atomic E-state index is 0.205. The molecule has 1 heterocycles. The first-order valence-electron chi connectivity index (χ1n) is 7.88. The van der Waals surface area contributed by atoms with Crippen LogP contribution in [-0.2, 0) is 0 Å². The van der Waals surface area contributed by atoms with E-state index >= 15 is 0 Å². The second-order valence-corrected chi connectivity index (χ2v) is 5.93. The van der Waals surface area contributed by atoms with Crippen molar-refractivity contribution >= 4 is 0 Å². The molecule has 0 saturated carbocycles. The van der Waals surface area contributed by atoms with Gasteiger partial charge in [-0.05, 0) is 57.4 Å². The maximum absolute atomic E-state index is 6.07. The Kier molecular flexibility index (Phi) is 5.44. The molecule has 2 N–H and O–H groups in total. The first-order valence-corrected chi connectivity index (χ1v) is 7.88. The van der Waals surface area contributed by atoms with E-state index in [1.165, 1.54) is 24.8 Å². The SMILES string of the molecule is CCC1CCCN1C(CN)c1cccc(OC(C)C)c1.